The molecule has 4 nitrogen and oxygen atoms in total. The Balaban J connectivity index is 1.56. The van der Waals surface area contributed by atoms with Crippen LogP contribution in [-0.2, 0) is 6.42 Å². The summed E-state index contributed by atoms with van der Waals surface area (Å²) in [6.45, 7) is 2.40. The van der Waals surface area contributed by atoms with Crippen molar-refractivity contribution < 1.29 is 4.79 Å². The SMILES string of the molecule is Cc1ncccc1C(=O)NCCc1csc(-c2ccccc2)n1. The maximum Gasteiger partial charge on any atom is 0.253 e. The Kier molecular flexibility index (Phi) is 4.78. The topological polar surface area (TPSA) is 54.9 Å². The Labute approximate surface area is 139 Å². The number of rotatable bonds is 5. The van der Waals surface area contributed by atoms with E-state index in [1.165, 1.54) is 0 Å². The minimum absolute atomic E-state index is 0.0888. The van der Waals surface area contributed by atoms with E-state index >= 15 is 0 Å². The first kappa shape index (κ1) is 15.4. The number of benzene rings is 1. The quantitative estimate of drug-likeness (QED) is 0.782. The van der Waals surface area contributed by atoms with Gasteiger partial charge in [0.05, 0.1) is 11.3 Å². The Hall–Kier alpha value is -2.53. The van der Waals surface area contributed by atoms with Gasteiger partial charge in [0, 0.05) is 35.8 Å². The molecule has 0 aliphatic carbocycles. The number of hydrogen-bond donors (Lipinski definition) is 1. The summed E-state index contributed by atoms with van der Waals surface area (Å²) in [7, 11) is 0. The molecule has 0 unspecified atom stereocenters. The van der Waals surface area contributed by atoms with Gasteiger partial charge in [0.15, 0.2) is 0 Å². The second-order valence-electron chi connectivity index (χ2n) is 5.15. The molecule has 2 heterocycles. The predicted octanol–water partition coefficient (Wildman–Crippen LogP) is 3.49. The number of aryl methyl sites for hydroxylation is 1. The zero-order chi connectivity index (χ0) is 16.1. The number of aromatic nitrogens is 2. The molecular formula is C18H17N3OS. The Morgan fingerprint density at radius 3 is 2.78 bits per heavy atom. The van der Waals surface area contributed by atoms with Crippen LogP contribution in [0.3, 0.4) is 0 Å². The van der Waals surface area contributed by atoms with Crippen LogP contribution in [0.2, 0.25) is 0 Å². The van der Waals surface area contributed by atoms with Crippen molar-refractivity contribution >= 4 is 17.2 Å². The maximum atomic E-state index is 12.1. The molecule has 0 saturated carbocycles. The molecule has 23 heavy (non-hydrogen) atoms. The summed E-state index contributed by atoms with van der Waals surface area (Å²) < 4.78 is 0. The third-order valence-corrected chi connectivity index (χ3v) is 4.43. The summed E-state index contributed by atoms with van der Waals surface area (Å²) in [6, 6.07) is 13.7. The van der Waals surface area contributed by atoms with Gasteiger partial charge in [-0.05, 0) is 19.1 Å². The van der Waals surface area contributed by atoms with Crippen molar-refractivity contribution in [2.24, 2.45) is 0 Å². The highest BCUT2D eigenvalue weighted by molar-refractivity contribution is 7.13. The molecule has 0 spiro atoms. The molecular weight excluding hydrogens is 306 g/mol. The number of amides is 1. The lowest BCUT2D eigenvalue weighted by Gasteiger charge is -2.05. The van der Waals surface area contributed by atoms with E-state index in [4.69, 9.17) is 0 Å². The third kappa shape index (κ3) is 3.81. The van der Waals surface area contributed by atoms with Crippen LogP contribution in [0, 0.1) is 6.92 Å². The van der Waals surface area contributed by atoms with Gasteiger partial charge >= 0.3 is 0 Å². The fourth-order valence-corrected chi connectivity index (χ4v) is 3.12. The first-order chi connectivity index (χ1) is 11.2. The number of hydrogen-bond acceptors (Lipinski definition) is 4. The smallest absolute Gasteiger partial charge is 0.253 e. The van der Waals surface area contributed by atoms with E-state index in [1.54, 1.807) is 29.7 Å². The van der Waals surface area contributed by atoms with Crippen LogP contribution in [0.25, 0.3) is 10.6 Å². The van der Waals surface area contributed by atoms with E-state index in [-0.39, 0.29) is 5.91 Å². The van der Waals surface area contributed by atoms with E-state index in [9.17, 15) is 4.79 Å². The summed E-state index contributed by atoms with van der Waals surface area (Å²) in [5.74, 6) is -0.0888. The van der Waals surface area contributed by atoms with Crippen molar-refractivity contribution in [1.82, 2.24) is 15.3 Å². The molecule has 1 N–H and O–H groups in total. The van der Waals surface area contributed by atoms with Crippen LogP contribution in [0.4, 0.5) is 0 Å². The summed E-state index contributed by atoms with van der Waals surface area (Å²) in [4.78, 5) is 20.9. The molecule has 1 aromatic carbocycles. The number of carbonyl (C=O) groups is 1. The van der Waals surface area contributed by atoms with Gasteiger partial charge in [0.2, 0.25) is 0 Å². The van der Waals surface area contributed by atoms with Crippen LogP contribution in [0.5, 0.6) is 0 Å². The maximum absolute atomic E-state index is 12.1. The molecule has 0 atom stereocenters. The van der Waals surface area contributed by atoms with Crippen molar-refractivity contribution in [2.45, 2.75) is 13.3 Å². The minimum Gasteiger partial charge on any atom is -0.352 e. The molecule has 0 radical (unpaired) electrons. The largest absolute Gasteiger partial charge is 0.352 e. The highest BCUT2D eigenvalue weighted by Gasteiger charge is 2.09. The molecule has 5 heteroatoms. The fraction of sp³-hybridized carbons (Fsp3) is 0.167. The fourth-order valence-electron chi connectivity index (χ4n) is 2.26. The number of carbonyl (C=O) groups excluding carboxylic acids is 1. The number of nitrogens with one attached hydrogen (secondary N) is 1. The average Bonchev–Trinajstić information content (AvgIpc) is 3.05. The Morgan fingerprint density at radius 1 is 1.17 bits per heavy atom. The first-order valence-electron chi connectivity index (χ1n) is 7.43. The average molecular weight is 323 g/mol. The summed E-state index contributed by atoms with van der Waals surface area (Å²) in [6.07, 6.45) is 2.40. The molecule has 0 aliphatic rings. The Bertz CT molecular complexity index is 799. The number of nitrogens with zero attached hydrogens (tertiary/aromatic N) is 2. The lowest BCUT2D eigenvalue weighted by atomic mass is 10.2. The van der Waals surface area contributed by atoms with Crippen LogP contribution in [0.15, 0.2) is 54.0 Å². The molecule has 116 valence electrons. The normalized spacial score (nSPS) is 10.5. The van der Waals surface area contributed by atoms with Crippen LogP contribution < -0.4 is 5.32 Å². The van der Waals surface area contributed by atoms with Crippen molar-refractivity contribution in [1.29, 1.82) is 0 Å². The predicted molar refractivity (Wildman–Crippen MR) is 92.6 cm³/mol. The van der Waals surface area contributed by atoms with Gasteiger partial charge in [-0.1, -0.05) is 30.3 Å². The van der Waals surface area contributed by atoms with E-state index in [1.807, 2.05) is 30.5 Å². The Morgan fingerprint density at radius 2 is 2.00 bits per heavy atom. The van der Waals surface area contributed by atoms with Crippen molar-refractivity contribution in [2.75, 3.05) is 6.54 Å². The molecule has 0 fully saturated rings. The minimum atomic E-state index is -0.0888. The molecule has 3 aromatic rings. The van der Waals surface area contributed by atoms with E-state index in [2.05, 4.69) is 27.4 Å². The van der Waals surface area contributed by atoms with Gasteiger partial charge in [-0.25, -0.2) is 4.98 Å². The van der Waals surface area contributed by atoms with Crippen LogP contribution in [0.1, 0.15) is 21.7 Å². The van der Waals surface area contributed by atoms with E-state index in [0.29, 0.717) is 18.5 Å². The lowest BCUT2D eigenvalue weighted by Crippen LogP contribution is -2.26. The van der Waals surface area contributed by atoms with Crippen molar-refractivity contribution in [3.63, 3.8) is 0 Å². The van der Waals surface area contributed by atoms with Gasteiger partial charge < -0.3 is 5.32 Å². The third-order valence-electron chi connectivity index (χ3n) is 3.49. The van der Waals surface area contributed by atoms with Gasteiger partial charge in [-0.15, -0.1) is 11.3 Å². The van der Waals surface area contributed by atoms with Crippen molar-refractivity contribution in [3.05, 3.63) is 71.0 Å². The van der Waals surface area contributed by atoms with Crippen LogP contribution >= 0.6 is 11.3 Å². The molecule has 3 rings (SSSR count). The van der Waals surface area contributed by atoms with E-state index < -0.39 is 0 Å². The van der Waals surface area contributed by atoms with Gasteiger partial charge in [0.25, 0.3) is 5.91 Å². The zero-order valence-corrected chi connectivity index (χ0v) is 13.6. The van der Waals surface area contributed by atoms with Crippen molar-refractivity contribution in [3.8, 4) is 10.6 Å². The number of pyridine rings is 1. The molecule has 0 aliphatic heterocycles. The summed E-state index contributed by atoms with van der Waals surface area (Å²) >= 11 is 1.63. The summed E-state index contributed by atoms with van der Waals surface area (Å²) in [5, 5.41) is 5.98. The monoisotopic (exact) mass is 323 g/mol. The zero-order valence-electron chi connectivity index (χ0n) is 12.8. The highest BCUT2D eigenvalue weighted by atomic mass is 32.1. The van der Waals surface area contributed by atoms with E-state index in [0.717, 1.165) is 22.0 Å². The second kappa shape index (κ2) is 7.15. The standard InChI is InChI=1S/C18H17N3OS/c1-13-16(8-5-10-19-13)17(22)20-11-9-15-12-23-18(21-15)14-6-3-2-4-7-14/h2-8,10,12H,9,11H2,1H3,(H,20,22). The summed E-state index contributed by atoms with van der Waals surface area (Å²) in [5.41, 5.74) is 3.48. The van der Waals surface area contributed by atoms with Crippen LogP contribution in [-0.4, -0.2) is 22.4 Å². The lowest BCUT2D eigenvalue weighted by molar-refractivity contribution is 0.0953. The second-order valence-corrected chi connectivity index (χ2v) is 6.01. The first-order valence-corrected chi connectivity index (χ1v) is 8.31. The molecule has 2 aromatic heterocycles. The molecule has 0 bridgehead atoms. The highest BCUT2D eigenvalue weighted by Crippen LogP contribution is 2.23. The molecule has 1 amide bonds. The number of thiazole rings is 1. The van der Waals surface area contributed by atoms with Gasteiger partial charge in [-0.3, -0.25) is 9.78 Å². The molecule has 0 saturated heterocycles. The van der Waals surface area contributed by atoms with Gasteiger partial charge in [0.1, 0.15) is 5.01 Å². The van der Waals surface area contributed by atoms with Gasteiger partial charge in [-0.2, -0.15) is 0 Å².